The van der Waals surface area contributed by atoms with Gasteiger partial charge in [-0.15, -0.1) is 0 Å². The third-order valence-electron chi connectivity index (χ3n) is 2.79. The van der Waals surface area contributed by atoms with Crippen molar-refractivity contribution < 1.29 is 14.6 Å². The van der Waals surface area contributed by atoms with E-state index < -0.39 is 0 Å². The smallest absolute Gasteiger partial charge is 0.173 e. The van der Waals surface area contributed by atoms with E-state index in [2.05, 4.69) is 0 Å². The van der Waals surface area contributed by atoms with Gasteiger partial charge in [-0.3, -0.25) is 4.79 Å². The average Bonchev–Trinajstić information content (AvgIpc) is 2.35. The molecule has 13 heavy (non-hydrogen) atoms. The first-order valence-corrected chi connectivity index (χ1v) is 4.26. The quantitative estimate of drug-likeness (QED) is 0.563. The zero-order valence-corrected chi connectivity index (χ0v) is 7.16. The van der Waals surface area contributed by atoms with Crippen molar-refractivity contribution in [3.8, 4) is 5.75 Å². The molecule has 1 aliphatic heterocycles. The van der Waals surface area contributed by atoms with Gasteiger partial charge in [0.1, 0.15) is 6.61 Å². The Labute approximate surface area is 75.2 Å². The topological polar surface area (TPSA) is 35.5 Å². The van der Waals surface area contributed by atoms with Gasteiger partial charge in [0.2, 0.25) is 0 Å². The molecule has 0 spiro atoms. The molecule has 2 bridgehead atoms. The number of carbonyl (C=O) groups is 1. The van der Waals surface area contributed by atoms with E-state index in [4.69, 9.17) is 9.78 Å². The van der Waals surface area contributed by atoms with Crippen LogP contribution in [0.25, 0.3) is 0 Å². The van der Waals surface area contributed by atoms with Crippen LogP contribution in [-0.2, 0) is 4.89 Å². The number of ketones is 1. The van der Waals surface area contributed by atoms with Crippen molar-refractivity contribution in [1.82, 2.24) is 0 Å². The van der Waals surface area contributed by atoms with Crippen molar-refractivity contribution in [3.63, 3.8) is 0 Å². The maximum atomic E-state index is 11.7. The van der Waals surface area contributed by atoms with Crippen molar-refractivity contribution in [2.75, 3.05) is 6.61 Å². The minimum absolute atomic E-state index is 0.117. The average molecular weight is 176 g/mol. The van der Waals surface area contributed by atoms with E-state index in [9.17, 15) is 4.79 Å². The summed E-state index contributed by atoms with van der Waals surface area (Å²) in [7, 11) is 0. The molecule has 0 amide bonds. The molecule has 1 atom stereocenters. The van der Waals surface area contributed by atoms with E-state index in [1.807, 2.05) is 13.0 Å². The summed E-state index contributed by atoms with van der Waals surface area (Å²) in [4.78, 5) is 21.6. The summed E-state index contributed by atoms with van der Waals surface area (Å²) < 4.78 is 0. The fourth-order valence-corrected chi connectivity index (χ4v) is 2.12. The molecule has 1 unspecified atom stereocenters. The molecule has 0 N–H and O–H groups in total. The van der Waals surface area contributed by atoms with E-state index in [-0.39, 0.29) is 11.7 Å². The Hall–Kier alpha value is -1.35. The second-order valence-corrected chi connectivity index (χ2v) is 3.43. The van der Waals surface area contributed by atoms with Crippen LogP contribution in [0, 0.1) is 6.92 Å². The summed E-state index contributed by atoms with van der Waals surface area (Å²) >= 11 is 0. The fraction of sp³-hybridized carbons (Fsp3) is 0.300. The summed E-state index contributed by atoms with van der Waals surface area (Å²) in [5, 5.41) is 0. The highest BCUT2D eigenvalue weighted by Gasteiger charge is 2.38. The van der Waals surface area contributed by atoms with E-state index in [1.54, 1.807) is 6.07 Å². The lowest BCUT2D eigenvalue weighted by Gasteiger charge is -2.18. The van der Waals surface area contributed by atoms with E-state index in [0.717, 1.165) is 16.7 Å². The van der Waals surface area contributed by atoms with Crippen LogP contribution in [0.1, 0.15) is 27.4 Å². The van der Waals surface area contributed by atoms with Crippen molar-refractivity contribution in [3.05, 3.63) is 28.8 Å². The molecule has 1 aromatic rings. The van der Waals surface area contributed by atoms with Crippen molar-refractivity contribution in [2.24, 2.45) is 0 Å². The molecule has 66 valence electrons. The van der Waals surface area contributed by atoms with Gasteiger partial charge in [-0.05, 0) is 24.6 Å². The molecule has 0 saturated carbocycles. The molecular weight excluding hydrogens is 168 g/mol. The number of rotatable bonds is 0. The van der Waals surface area contributed by atoms with Crippen LogP contribution in [-0.4, -0.2) is 12.4 Å². The summed E-state index contributed by atoms with van der Waals surface area (Å²) in [6.45, 7) is 2.31. The summed E-state index contributed by atoms with van der Waals surface area (Å²) in [5.74, 6) is 0.749. The Balaban J connectivity index is 2.36. The predicted molar refractivity (Wildman–Crippen MR) is 44.8 cm³/mol. The van der Waals surface area contributed by atoms with Crippen LogP contribution in [0.4, 0.5) is 0 Å². The molecule has 3 heteroatoms. The molecule has 3 rings (SSSR count). The monoisotopic (exact) mass is 176 g/mol. The Morgan fingerprint density at radius 3 is 3.15 bits per heavy atom. The van der Waals surface area contributed by atoms with Crippen LogP contribution in [0.15, 0.2) is 12.1 Å². The molecule has 0 saturated heterocycles. The first-order chi connectivity index (χ1) is 6.29. The third-order valence-corrected chi connectivity index (χ3v) is 2.79. The number of fused-ring (bicyclic) bond motifs is 1. The molecular formula is C10H8O3. The number of benzene rings is 1. The Kier molecular flexibility index (Phi) is 1.15. The Morgan fingerprint density at radius 1 is 1.46 bits per heavy atom. The lowest BCUT2D eigenvalue weighted by atomic mass is 10.0. The van der Waals surface area contributed by atoms with Crippen molar-refractivity contribution in [2.45, 2.75) is 12.8 Å². The zero-order valence-electron chi connectivity index (χ0n) is 7.16. The van der Waals surface area contributed by atoms with Gasteiger partial charge in [0, 0.05) is 11.1 Å². The molecule has 0 aromatic heterocycles. The number of hydrogen-bond acceptors (Lipinski definition) is 3. The first-order valence-electron chi connectivity index (χ1n) is 4.26. The lowest BCUT2D eigenvalue weighted by Crippen LogP contribution is -2.19. The molecule has 3 nitrogen and oxygen atoms in total. The van der Waals surface area contributed by atoms with Crippen LogP contribution in [0.3, 0.4) is 0 Å². The van der Waals surface area contributed by atoms with Gasteiger partial charge in [0.05, 0.1) is 5.92 Å². The summed E-state index contributed by atoms with van der Waals surface area (Å²) in [6, 6.07) is 3.61. The van der Waals surface area contributed by atoms with Gasteiger partial charge in [0.15, 0.2) is 11.5 Å². The summed E-state index contributed by atoms with van der Waals surface area (Å²) in [6.07, 6.45) is 0. The molecule has 1 aliphatic carbocycles. The zero-order chi connectivity index (χ0) is 9.00. The van der Waals surface area contributed by atoms with Crippen LogP contribution in [0.2, 0.25) is 0 Å². The maximum absolute atomic E-state index is 11.7. The molecule has 1 aromatic carbocycles. The fourth-order valence-electron chi connectivity index (χ4n) is 2.12. The minimum atomic E-state index is -0.117. The first kappa shape index (κ1) is 7.09. The predicted octanol–water partition coefficient (Wildman–Crippen LogP) is 1.60. The second kappa shape index (κ2) is 2.12. The van der Waals surface area contributed by atoms with E-state index in [0.29, 0.717) is 12.4 Å². The lowest BCUT2D eigenvalue weighted by molar-refractivity contribution is -0.217. The normalized spacial score (nSPS) is 23.2. The maximum Gasteiger partial charge on any atom is 0.173 e. The highest BCUT2D eigenvalue weighted by molar-refractivity contribution is 6.07. The Morgan fingerprint density at radius 2 is 2.31 bits per heavy atom. The number of hydrogen-bond donors (Lipinski definition) is 0. The van der Waals surface area contributed by atoms with Gasteiger partial charge in [-0.2, -0.15) is 4.89 Å². The van der Waals surface area contributed by atoms with Gasteiger partial charge in [-0.1, -0.05) is 0 Å². The SMILES string of the molecule is Cc1c2ccc3c1C(COO3)C2=O. The van der Waals surface area contributed by atoms with Gasteiger partial charge in [0.25, 0.3) is 0 Å². The van der Waals surface area contributed by atoms with Crippen molar-refractivity contribution >= 4 is 5.78 Å². The number of carbonyl (C=O) groups excluding carboxylic acids is 1. The minimum Gasteiger partial charge on any atom is -0.337 e. The molecule has 0 radical (unpaired) electrons. The van der Waals surface area contributed by atoms with Gasteiger partial charge in [-0.25, -0.2) is 0 Å². The van der Waals surface area contributed by atoms with Gasteiger partial charge < -0.3 is 4.89 Å². The molecule has 0 fully saturated rings. The highest BCUT2D eigenvalue weighted by Crippen LogP contribution is 2.43. The number of Topliss-reactive ketones (excluding diaryl/α,β-unsaturated/α-hetero) is 1. The van der Waals surface area contributed by atoms with Gasteiger partial charge >= 0.3 is 0 Å². The highest BCUT2D eigenvalue weighted by atomic mass is 17.2. The molecule has 2 aliphatic rings. The Bertz CT molecular complexity index is 409. The summed E-state index contributed by atoms with van der Waals surface area (Å²) in [5.41, 5.74) is 2.89. The molecule has 1 heterocycles. The largest absolute Gasteiger partial charge is 0.337 e. The van der Waals surface area contributed by atoms with Crippen LogP contribution in [0.5, 0.6) is 5.75 Å². The van der Waals surface area contributed by atoms with Crippen molar-refractivity contribution in [1.29, 1.82) is 0 Å². The van der Waals surface area contributed by atoms with Crippen LogP contribution < -0.4 is 4.89 Å². The second-order valence-electron chi connectivity index (χ2n) is 3.43. The standard InChI is InChI=1S/C10H8O3/c1-5-6-2-3-8-9(5)7(10(6)11)4-12-13-8/h2-3,7H,4H2,1H3. The van der Waals surface area contributed by atoms with Crippen LogP contribution >= 0.6 is 0 Å². The van der Waals surface area contributed by atoms with E-state index >= 15 is 0 Å². The van der Waals surface area contributed by atoms with E-state index in [1.165, 1.54) is 0 Å². The third kappa shape index (κ3) is 0.704.